The zero-order valence-electron chi connectivity index (χ0n) is 12.8. The van der Waals surface area contributed by atoms with Crippen LogP contribution in [0.4, 0.5) is 0 Å². The molecule has 0 aliphatic rings. The van der Waals surface area contributed by atoms with E-state index in [-0.39, 0.29) is 0 Å². The third kappa shape index (κ3) is 2.88. The van der Waals surface area contributed by atoms with E-state index < -0.39 is 0 Å². The Balaban J connectivity index is 1.97. The summed E-state index contributed by atoms with van der Waals surface area (Å²) in [5.74, 6) is 1.42. The van der Waals surface area contributed by atoms with E-state index in [0.29, 0.717) is 12.5 Å². The molecule has 0 saturated carbocycles. The van der Waals surface area contributed by atoms with Crippen LogP contribution in [0.1, 0.15) is 19.8 Å². The summed E-state index contributed by atoms with van der Waals surface area (Å²) in [5, 5.41) is 4.53. The molecule has 0 spiro atoms. The fourth-order valence-corrected chi connectivity index (χ4v) is 2.23. The Morgan fingerprint density at radius 2 is 2.09 bits per heavy atom. The number of aromatic nitrogens is 3. The van der Waals surface area contributed by atoms with E-state index in [1.807, 2.05) is 42.6 Å². The SMILES string of the molecule is CCCCOc1ccc2ncc(-c3cccc(OC)c3)n2n1. The van der Waals surface area contributed by atoms with Gasteiger partial charge >= 0.3 is 0 Å². The quantitative estimate of drug-likeness (QED) is 0.652. The van der Waals surface area contributed by atoms with Crippen LogP contribution in [-0.4, -0.2) is 28.3 Å². The Morgan fingerprint density at radius 3 is 2.91 bits per heavy atom. The van der Waals surface area contributed by atoms with Gasteiger partial charge in [-0.2, -0.15) is 0 Å². The Kier molecular flexibility index (Phi) is 4.23. The number of hydrogen-bond donors (Lipinski definition) is 0. The summed E-state index contributed by atoms with van der Waals surface area (Å²) in [7, 11) is 1.66. The number of rotatable bonds is 6. The molecule has 1 aromatic carbocycles. The van der Waals surface area contributed by atoms with Gasteiger partial charge in [0.05, 0.1) is 25.6 Å². The topological polar surface area (TPSA) is 48.7 Å². The molecule has 0 unspecified atom stereocenters. The lowest BCUT2D eigenvalue weighted by Gasteiger charge is -2.07. The van der Waals surface area contributed by atoms with E-state index in [4.69, 9.17) is 9.47 Å². The van der Waals surface area contributed by atoms with E-state index in [1.165, 1.54) is 0 Å². The number of unbranched alkanes of at least 4 members (excludes halogenated alkanes) is 1. The second kappa shape index (κ2) is 6.47. The lowest BCUT2D eigenvalue weighted by atomic mass is 10.1. The van der Waals surface area contributed by atoms with Gasteiger partial charge in [-0.05, 0) is 24.6 Å². The summed E-state index contributed by atoms with van der Waals surface area (Å²) in [6.45, 7) is 2.81. The number of fused-ring (bicyclic) bond motifs is 1. The molecule has 5 heteroatoms. The zero-order chi connectivity index (χ0) is 15.4. The summed E-state index contributed by atoms with van der Waals surface area (Å²) >= 11 is 0. The molecule has 0 bridgehead atoms. The van der Waals surface area contributed by atoms with Crippen molar-refractivity contribution in [2.24, 2.45) is 0 Å². The summed E-state index contributed by atoms with van der Waals surface area (Å²) < 4.78 is 12.8. The van der Waals surface area contributed by atoms with E-state index in [1.54, 1.807) is 11.6 Å². The number of ether oxygens (including phenoxy) is 2. The van der Waals surface area contributed by atoms with Crippen LogP contribution in [0.5, 0.6) is 11.6 Å². The smallest absolute Gasteiger partial charge is 0.231 e. The second-order valence-corrected chi connectivity index (χ2v) is 5.02. The largest absolute Gasteiger partial charge is 0.497 e. The monoisotopic (exact) mass is 297 g/mol. The molecule has 0 N–H and O–H groups in total. The average Bonchev–Trinajstić information content (AvgIpc) is 2.98. The highest BCUT2D eigenvalue weighted by Gasteiger charge is 2.09. The molecule has 2 heterocycles. The van der Waals surface area contributed by atoms with E-state index in [0.717, 1.165) is 35.5 Å². The Bertz CT molecular complexity index is 767. The van der Waals surface area contributed by atoms with Gasteiger partial charge in [0.15, 0.2) is 5.65 Å². The van der Waals surface area contributed by atoms with Crippen LogP contribution in [0, 0.1) is 0 Å². The first-order valence-corrected chi connectivity index (χ1v) is 7.44. The molecule has 2 aromatic heterocycles. The summed E-state index contributed by atoms with van der Waals surface area (Å²) in [4.78, 5) is 4.39. The number of benzene rings is 1. The summed E-state index contributed by atoms with van der Waals surface area (Å²) in [6.07, 6.45) is 3.93. The predicted molar refractivity (Wildman–Crippen MR) is 85.4 cm³/mol. The average molecular weight is 297 g/mol. The number of nitrogens with zero attached hydrogens (tertiary/aromatic N) is 3. The van der Waals surface area contributed by atoms with Crippen LogP contribution in [0.3, 0.4) is 0 Å². The van der Waals surface area contributed by atoms with Crippen LogP contribution in [0.15, 0.2) is 42.6 Å². The van der Waals surface area contributed by atoms with Crippen LogP contribution in [0.2, 0.25) is 0 Å². The van der Waals surface area contributed by atoms with Crippen molar-refractivity contribution >= 4 is 5.65 Å². The molecule has 0 aliphatic carbocycles. The van der Waals surface area contributed by atoms with E-state index in [2.05, 4.69) is 17.0 Å². The lowest BCUT2D eigenvalue weighted by molar-refractivity contribution is 0.293. The van der Waals surface area contributed by atoms with Gasteiger partial charge in [0.25, 0.3) is 0 Å². The first-order valence-electron chi connectivity index (χ1n) is 7.44. The number of imidazole rings is 1. The van der Waals surface area contributed by atoms with Gasteiger partial charge in [0.2, 0.25) is 5.88 Å². The molecule has 0 amide bonds. The van der Waals surface area contributed by atoms with Crippen LogP contribution in [-0.2, 0) is 0 Å². The molecular formula is C17H19N3O2. The van der Waals surface area contributed by atoms with Crippen molar-refractivity contribution in [1.29, 1.82) is 0 Å². The lowest BCUT2D eigenvalue weighted by Crippen LogP contribution is -2.02. The normalized spacial score (nSPS) is 10.8. The van der Waals surface area contributed by atoms with Gasteiger partial charge in [-0.1, -0.05) is 25.5 Å². The molecule has 0 atom stereocenters. The van der Waals surface area contributed by atoms with Gasteiger partial charge in [0.1, 0.15) is 5.75 Å². The highest BCUT2D eigenvalue weighted by molar-refractivity contribution is 5.64. The van der Waals surface area contributed by atoms with Crippen molar-refractivity contribution in [3.05, 3.63) is 42.6 Å². The first kappa shape index (κ1) is 14.4. The minimum absolute atomic E-state index is 0.614. The molecule has 114 valence electrons. The third-order valence-electron chi connectivity index (χ3n) is 3.45. The van der Waals surface area contributed by atoms with E-state index in [9.17, 15) is 0 Å². The standard InChI is InChI=1S/C17H19N3O2/c1-3-4-10-22-17-9-8-16-18-12-15(20(16)19-17)13-6-5-7-14(11-13)21-2/h5-9,11-12H,3-4,10H2,1-2H3. The molecular weight excluding hydrogens is 278 g/mol. The molecule has 0 aliphatic heterocycles. The van der Waals surface area contributed by atoms with Crippen molar-refractivity contribution in [3.8, 4) is 22.9 Å². The maximum absolute atomic E-state index is 5.68. The van der Waals surface area contributed by atoms with Crippen LogP contribution < -0.4 is 9.47 Å². The van der Waals surface area contributed by atoms with Gasteiger partial charge < -0.3 is 9.47 Å². The van der Waals surface area contributed by atoms with Crippen molar-refractivity contribution in [2.75, 3.05) is 13.7 Å². The molecule has 3 aromatic rings. The Hall–Kier alpha value is -2.56. The van der Waals surface area contributed by atoms with Gasteiger partial charge in [0, 0.05) is 11.6 Å². The fourth-order valence-electron chi connectivity index (χ4n) is 2.23. The zero-order valence-corrected chi connectivity index (χ0v) is 12.8. The summed E-state index contributed by atoms with van der Waals surface area (Å²) in [5.41, 5.74) is 2.71. The highest BCUT2D eigenvalue weighted by Crippen LogP contribution is 2.24. The molecule has 0 fully saturated rings. The minimum atomic E-state index is 0.614. The molecule has 3 rings (SSSR count). The minimum Gasteiger partial charge on any atom is -0.497 e. The maximum Gasteiger partial charge on any atom is 0.231 e. The predicted octanol–water partition coefficient (Wildman–Crippen LogP) is 3.58. The van der Waals surface area contributed by atoms with Crippen LogP contribution in [0.25, 0.3) is 16.9 Å². The number of hydrogen-bond acceptors (Lipinski definition) is 4. The maximum atomic E-state index is 5.68. The van der Waals surface area contributed by atoms with Gasteiger partial charge in [-0.3, -0.25) is 0 Å². The molecule has 5 nitrogen and oxygen atoms in total. The van der Waals surface area contributed by atoms with Crippen molar-refractivity contribution in [2.45, 2.75) is 19.8 Å². The number of methoxy groups -OCH3 is 1. The molecule has 22 heavy (non-hydrogen) atoms. The third-order valence-corrected chi connectivity index (χ3v) is 3.45. The molecule has 0 radical (unpaired) electrons. The van der Waals surface area contributed by atoms with Crippen LogP contribution >= 0.6 is 0 Å². The fraction of sp³-hybridized carbons (Fsp3) is 0.294. The van der Waals surface area contributed by atoms with Crippen molar-refractivity contribution < 1.29 is 9.47 Å². The molecule has 0 saturated heterocycles. The van der Waals surface area contributed by atoms with Gasteiger partial charge in [-0.15, -0.1) is 5.10 Å². The van der Waals surface area contributed by atoms with Crippen molar-refractivity contribution in [1.82, 2.24) is 14.6 Å². The second-order valence-electron chi connectivity index (χ2n) is 5.02. The Morgan fingerprint density at radius 1 is 1.18 bits per heavy atom. The Labute approximate surface area is 129 Å². The highest BCUT2D eigenvalue weighted by atomic mass is 16.5. The first-order chi connectivity index (χ1) is 10.8. The summed E-state index contributed by atoms with van der Waals surface area (Å²) in [6, 6.07) is 11.6. The van der Waals surface area contributed by atoms with E-state index >= 15 is 0 Å². The van der Waals surface area contributed by atoms with Gasteiger partial charge in [-0.25, -0.2) is 9.50 Å². The van der Waals surface area contributed by atoms with Crippen molar-refractivity contribution in [3.63, 3.8) is 0 Å².